The summed E-state index contributed by atoms with van der Waals surface area (Å²) in [4.78, 5) is 15.0. The van der Waals surface area contributed by atoms with E-state index in [1.165, 1.54) is 0 Å². The van der Waals surface area contributed by atoms with Gasteiger partial charge < -0.3 is 4.42 Å². The number of furan rings is 1. The molecule has 0 saturated heterocycles. The van der Waals surface area contributed by atoms with Crippen molar-refractivity contribution < 1.29 is 4.42 Å². The Balaban J connectivity index is 1.18. The molecule has 0 atom stereocenters. The zero-order chi connectivity index (χ0) is 32.7. The van der Waals surface area contributed by atoms with Crippen LogP contribution in [0.2, 0.25) is 0 Å². The van der Waals surface area contributed by atoms with Crippen molar-refractivity contribution in [3.8, 4) is 62.5 Å². The summed E-state index contributed by atoms with van der Waals surface area (Å²) in [6, 6.07) is 55.3. The molecule has 0 amide bonds. The first kappa shape index (κ1) is 28.3. The van der Waals surface area contributed by atoms with Crippen molar-refractivity contribution in [1.82, 2.24) is 15.0 Å². The van der Waals surface area contributed by atoms with Crippen molar-refractivity contribution in [3.63, 3.8) is 0 Å². The van der Waals surface area contributed by atoms with E-state index >= 15 is 0 Å². The smallest absolute Gasteiger partial charge is 0.164 e. The molecule has 5 nitrogen and oxygen atoms in total. The molecule has 0 aliphatic carbocycles. The molecule has 7 aromatic carbocycles. The Morgan fingerprint density at radius 3 is 1.86 bits per heavy atom. The molecule has 9 aromatic rings. The van der Waals surface area contributed by atoms with E-state index in [1.807, 2.05) is 84.9 Å². The van der Waals surface area contributed by atoms with Crippen LogP contribution >= 0.6 is 0 Å². The van der Waals surface area contributed by atoms with Crippen LogP contribution in [-0.2, 0) is 0 Å². The molecule has 0 aliphatic heterocycles. The maximum Gasteiger partial charge on any atom is 0.164 e. The van der Waals surface area contributed by atoms with E-state index in [2.05, 4.69) is 78.9 Å². The van der Waals surface area contributed by atoms with Gasteiger partial charge in [-0.1, -0.05) is 121 Å². The Kier molecular flexibility index (Phi) is 6.78. The van der Waals surface area contributed by atoms with Crippen molar-refractivity contribution in [1.29, 1.82) is 5.26 Å². The maximum absolute atomic E-state index is 9.38. The van der Waals surface area contributed by atoms with Gasteiger partial charge in [-0.3, -0.25) is 0 Å². The minimum Gasteiger partial charge on any atom is -0.456 e. The maximum atomic E-state index is 9.38. The number of hydrogen-bond donors (Lipinski definition) is 0. The third-order valence-electron chi connectivity index (χ3n) is 8.95. The Bertz CT molecular complexity index is 2720. The zero-order valence-corrected chi connectivity index (χ0v) is 26.2. The highest BCUT2D eigenvalue weighted by molar-refractivity contribution is 6.13. The van der Waals surface area contributed by atoms with Gasteiger partial charge in [0.05, 0.1) is 11.6 Å². The zero-order valence-electron chi connectivity index (χ0n) is 26.2. The predicted molar refractivity (Wildman–Crippen MR) is 197 cm³/mol. The summed E-state index contributed by atoms with van der Waals surface area (Å²) >= 11 is 0. The minimum absolute atomic E-state index is 0.560. The first-order chi connectivity index (χ1) is 24.2. The molecule has 2 heterocycles. The fraction of sp³-hybridized carbons (Fsp3) is 0. The monoisotopic (exact) mass is 626 g/mol. The molecule has 0 fully saturated rings. The van der Waals surface area contributed by atoms with Crippen molar-refractivity contribution in [2.24, 2.45) is 0 Å². The first-order valence-electron chi connectivity index (χ1n) is 16.1. The number of aromatic nitrogens is 3. The van der Waals surface area contributed by atoms with E-state index in [0.717, 1.165) is 71.7 Å². The van der Waals surface area contributed by atoms with E-state index in [9.17, 15) is 5.26 Å². The highest BCUT2D eigenvalue weighted by Crippen LogP contribution is 2.38. The van der Waals surface area contributed by atoms with E-state index < -0.39 is 0 Å². The predicted octanol–water partition coefficient (Wildman–Crippen LogP) is 11.1. The molecule has 5 heteroatoms. The van der Waals surface area contributed by atoms with Crippen LogP contribution in [0.1, 0.15) is 5.56 Å². The Hall–Kier alpha value is -6.90. The molecule has 0 spiro atoms. The summed E-state index contributed by atoms with van der Waals surface area (Å²) in [6.45, 7) is 0. The molecule has 0 radical (unpaired) electrons. The number of hydrogen-bond acceptors (Lipinski definition) is 5. The molecule has 0 saturated carbocycles. The summed E-state index contributed by atoms with van der Waals surface area (Å²) in [6.07, 6.45) is 0. The highest BCUT2D eigenvalue weighted by atomic mass is 16.3. The fourth-order valence-electron chi connectivity index (χ4n) is 6.49. The average molecular weight is 627 g/mol. The van der Waals surface area contributed by atoms with E-state index in [-0.39, 0.29) is 0 Å². The molecule has 0 unspecified atom stereocenters. The summed E-state index contributed by atoms with van der Waals surface area (Å²) < 4.78 is 6.44. The standard InChI is InChI=1S/C44H26N4O/c45-27-28-8-6-13-33(24-28)30-16-19-32(20-17-30)42-46-43(35-21-18-29-9-4-5-12-34(29)25-35)48-44(47-42)36-22-23-38-40(26-36)49-39-15-7-14-37(41(38)39)31-10-2-1-3-11-31/h1-26H. The lowest BCUT2D eigenvalue weighted by Gasteiger charge is -2.10. The second kappa shape index (κ2) is 11.7. The summed E-state index contributed by atoms with van der Waals surface area (Å²) in [5.41, 5.74) is 9.11. The lowest BCUT2D eigenvalue weighted by atomic mass is 9.99. The molecule has 2 aromatic heterocycles. The van der Waals surface area contributed by atoms with Gasteiger partial charge in [-0.05, 0) is 69.4 Å². The number of rotatable bonds is 5. The van der Waals surface area contributed by atoms with Crippen LogP contribution in [0.3, 0.4) is 0 Å². The van der Waals surface area contributed by atoms with Crippen LogP contribution < -0.4 is 0 Å². The Morgan fingerprint density at radius 1 is 0.429 bits per heavy atom. The minimum atomic E-state index is 0.560. The molecule has 228 valence electrons. The fourth-order valence-corrected chi connectivity index (χ4v) is 6.49. The van der Waals surface area contributed by atoms with Crippen LogP contribution in [0, 0.1) is 11.3 Å². The van der Waals surface area contributed by atoms with Crippen LogP contribution in [0.5, 0.6) is 0 Å². The van der Waals surface area contributed by atoms with E-state index in [0.29, 0.717) is 23.0 Å². The van der Waals surface area contributed by atoms with Crippen LogP contribution in [0.25, 0.3) is 89.1 Å². The quantitative estimate of drug-likeness (QED) is 0.190. The first-order valence-corrected chi connectivity index (χ1v) is 16.1. The van der Waals surface area contributed by atoms with Gasteiger partial charge >= 0.3 is 0 Å². The summed E-state index contributed by atoms with van der Waals surface area (Å²) in [7, 11) is 0. The lowest BCUT2D eigenvalue weighted by Crippen LogP contribution is -2.00. The van der Waals surface area contributed by atoms with Gasteiger partial charge in [-0.25, -0.2) is 15.0 Å². The molecular weight excluding hydrogens is 601 g/mol. The van der Waals surface area contributed by atoms with Gasteiger partial charge in [0, 0.05) is 27.5 Å². The van der Waals surface area contributed by atoms with Crippen LogP contribution in [0.4, 0.5) is 0 Å². The topological polar surface area (TPSA) is 75.6 Å². The number of nitriles is 1. The number of benzene rings is 7. The number of nitrogens with zero attached hydrogens (tertiary/aromatic N) is 4. The Labute approximate surface area is 282 Å². The van der Waals surface area contributed by atoms with Gasteiger partial charge in [-0.15, -0.1) is 0 Å². The Morgan fingerprint density at radius 2 is 1.06 bits per heavy atom. The number of fused-ring (bicyclic) bond motifs is 4. The molecule has 0 N–H and O–H groups in total. The second-order valence-corrected chi connectivity index (χ2v) is 12.0. The van der Waals surface area contributed by atoms with Crippen molar-refractivity contribution in [3.05, 3.63) is 163 Å². The summed E-state index contributed by atoms with van der Waals surface area (Å²) in [5, 5.41) is 13.8. The van der Waals surface area contributed by atoms with Gasteiger partial charge in [0.2, 0.25) is 0 Å². The van der Waals surface area contributed by atoms with Gasteiger partial charge in [0.25, 0.3) is 0 Å². The van der Waals surface area contributed by atoms with E-state index in [1.54, 1.807) is 0 Å². The summed E-state index contributed by atoms with van der Waals surface area (Å²) in [5.74, 6) is 1.72. The van der Waals surface area contributed by atoms with Gasteiger partial charge in [-0.2, -0.15) is 5.26 Å². The largest absolute Gasteiger partial charge is 0.456 e. The van der Waals surface area contributed by atoms with Gasteiger partial charge in [0.1, 0.15) is 11.2 Å². The molecule has 9 rings (SSSR count). The van der Waals surface area contributed by atoms with Gasteiger partial charge in [0.15, 0.2) is 17.5 Å². The van der Waals surface area contributed by atoms with Crippen molar-refractivity contribution in [2.45, 2.75) is 0 Å². The molecule has 49 heavy (non-hydrogen) atoms. The normalized spacial score (nSPS) is 11.2. The molecular formula is C44H26N4O. The molecule has 0 aliphatic rings. The SMILES string of the molecule is N#Cc1cccc(-c2ccc(-c3nc(-c4ccc5ccccc5c4)nc(-c4ccc5c(c4)oc4cccc(-c6ccccc6)c45)n3)cc2)c1. The lowest BCUT2D eigenvalue weighted by molar-refractivity contribution is 0.669. The second-order valence-electron chi connectivity index (χ2n) is 12.0. The van der Waals surface area contributed by atoms with Crippen molar-refractivity contribution in [2.75, 3.05) is 0 Å². The van der Waals surface area contributed by atoms with Crippen molar-refractivity contribution >= 4 is 32.7 Å². The van der Waals surface area contributed by atoms with Crippen LogP contribution in [0.15, 0.2) is 162 Å². The third-order valence-corrected chi connectivity index (χ3v) is 8.95. The van der Waals surface area contributed by atoms with Crippen LogP contribution in [-0.4, -0.2) is 15.0 Å². The molecule has 0 bridgehead atoms. The highest BCUT2D eigenvalue weighted by Gasteiger charge is 2.17. The third kappa shape index (κ3) is 5.18. The average Bonchev–Trinajstić information content (AvgIpc) is 3.56. The van der Waals surface area contributed by atoms with E-state index in [4.69, 9.17) is 19.4 Å².